The normalized spacial score (nSPS) is 12.7. The van der Waals surface area contributed by atoms with Gasteiger partial charge in [0.2, 0.25) is 5.91 Å². The molecular formula is C15H24N2O2. The molecule has 2 N–H and O–H groups in total. The van der Waals surface area contributed by atoms with E-state index >= 15 is 0 Å². The van der Waals surface area contributed by atoms with Crippen LogP contribution in [0.15, 0.2) is 30.3 Å². The molecule has 1 amide bonds. The summed E-state index contributed by atoms with van der Waals surface area (Å²) in [6.45, 7) is 6.89. The summed E-state index contributed by atoms with van der Waals surface area (Å²) in [5, 5.41) is 11.8. The van der Waals surface area contributed by atoms with Gasteiger partial charge in [0.1, 0.15) is 0 Å². The van der Waals surface area contributed by atoms with Crippen molar-refractivity contribution >= 4 is 11.6 Å². The molecule has 1 unspecified atom stereocenters. The van der Waals surface area contributed by atoms with E-state index in [9.17, 15) is 4.79 Å². The fraction of sp³-hybridized carbons (Fsp3) is 0.533. The lowest BCUT2D eigenvalue weighted by atomic mass is 10.2. The summed E-state index contributed by atoms with van der Waals surface area (Å²) in [6, 6.07) is 9.50. The maximum atomic E-state index is 12.2. The number of anilines is 1. The SMILES string of the molecule is CC(C)N(CCCO)C(C)C(=O)Nc1ccccc1. The van der Waals surface area contributed by atoms with E-state index in [0.29, 0.717) is 6.42 Å². The van der Waals surface area contributed by atoms with Crippen LogP contribution in [0.2, 0.25) is 0 Å². The molecule has 1 atom stereocenters. The van der Waals surface area contributed by atoms with Crippen LogP contribution in [0.25, 0.3) is 0 Å². The number of amides is 1. The molecule has 19 heavy (non-hydrogen) atoms. The molecule has 1 rings (SSSR count). The van der Waals surface area contributed by atoms with Crippen molar-refractivity contribution in [3.8, 4) is 0 Å². The zero-order valence-electron chi connectivity index (χ0n) is 12.0. The lowest BCUT2D eigenvalue weighted by Gasteiger charge is -2.31. The lowest BCUT2D eigenvalue weighted by molar-refractivity contribution is -0.121. The van der Waals surface area contributed by atoms with Gasteiger partial charge in [0.15, 0.2) is 0 Å². The van der Waals surface area contributed by atoms with Gasteiger partial charge < -0.3 is 10.4 Å². The van der Waals surface area contributed by atoms with Gasteiger partial charge in [-0.15, -0.1) is 0 Å². The Balaban J connectivity index is 2.63. The molecule has 0 saturated carbocycles. The maximum absolute atomic E-state index is 12.2. The third-order valence-corrected chi connectivity index (χ3v) is 3.16. The third kappa shape index (κ3) is 5.01. The summed E-state index contributed by atoms with van der Waals surface area (Å²) >= 11 is 0. The largest absolute Gasteiger partial charge is 0.396 e. The second-order valence-electron chi connectivity index (χ2n) is 4.94. The number of carbonyl (C=O) groups is 1. The van der Waals surface area contributed by atoms with Crippen LogP contribution < -0.4 is 5.32 Å². The van der Waals surface area contributed by atoms with E-state index in [1.165, 1.54) is 0 Å². The Bertz CT molecular complexity index is 379. The Hall–Kier alpha value is -1.39. The van der Waals surface area contributed by atoms with E-state index < -0.39 is 0 Å². The highest BCUT2D eigenvalue weighted by atomic mass is 16.3. The Morgan fingerprint density at radius 3 is 2.42 bits per heavy atom. The van der Waals surface area contributed by atoms with Gasteiger partial charge in [-0.25, -0.2) is 0 Å². The minimum atomic E-state index is -0.216. The van der Waals surface area contributed by atoms with E-state index in [0.717, 1.165) is 12.2 Å². The van der Waals surface area contributed by atoms with E-state index in [1.807, 2.05) is 37.3 Å². The molecule has 4 nitrogen and oxygen atoms in total. The van der Waals surface area contributed by atoms with Crippen LogP contribution in [0, 0.1) is 0 Å². The van der Waals surface area contributed by atoms with E-state index in [2.05, 4.69) is 24.1 Å². The van der Waals surface area contributed by atoms with Crippen LogP contribution in [-0.4, -0.2) is 41.1 Å². The molecule has 1 aromatic rings. The zero-order chi connectivity index (χ0) is 14.3. The quantitative estimate of drug-likeness (QED) is 0.793. The molecule has 0 saturated heterocycles. The fourth-order valence-corrected chi connectivity index (χ4v) is 2.07. The van der Waals surface area contributed by atoms with Crippen LogP contribution in [0.3, 0.4) is 0 Å². The second-order valence-corrected chi connectivity index (χ2v) is 4.94. The fourth-order valence-electron chi connectivity index (χ4n) is 2.07. The molecule has 0 aromatic heterocycles. The van der Waals surface area contributed by atoms with Gasteiger partial charge in [-0.3, -0.25) is 9.69 Å². The molecule has 106 valence electrons. The van der Waals surface area contributed by atoms with Crippen LogP contribution in [0.5, 0.6) is 0 Å². The molecule has 0 aliphatic carbocycles. The van der Waals surface area contributed by atoms with Crippen molar-refractivity contribution in [1.29, 1.82) is 0 Å². The van der Waals surface area contributed by atoms with Gasteiger partial charge in [0.05, 0.1) is 6.04 Å². The number of benzene rings is 1. The molecule has 0 spiro atoms. The molecule has 0 bridgehead atoms. The summed E-state index contributed by atoms with van der Waals surface area (Å²) in [7, 11) is 0. The number of hydrogen-bond acceptors (Lipinski definition) is 3. The Morgan fingerprint density at radius 2 is 1.89 bits per heavy atom. The molecular weight excluding hydrogens is 240 g/mol. The molecule has 1 aromatic carbocycles. The second kappa shape index (κ2) is 7.92. The predicted molar refractivity (Wildman–Crippen MR) is 78.1 cm³/mol. The summed E-state index contributed by atoms with van der Waals surface area (Å²) in [5.74, 6) is -0.0159. The van der Waals surface area contributed by atoms with Crippen molar-refractivity contribution in [3.05, 3.63) is 30.3 Å². The van der Waals surface area contributed by atoms with E-state index in [-0.39, 0.29) is 24.6 Å². The molecule has 0 radical (unpaired) electrons. The number of aliphatic hydroxyl groups excluding tert-OH is 1. The number of rotatable bonds is 7. The Labute approximate surface area is 115 Å². The minimum Gasteiger partial charge on any atom is -0.396 e. The number of nitrogens with zero attached hydrogens (tertiary/aromatic N) is 1. The molecule has 0 aliphatic rings. The highest BCUT2D eigenvalue weighted by molar-refractivity contribution is 5.94. The van der Waals surface area contributed by atoms with Crippen molar-refractivity contribution < 1.29 is 9.90 Å². The van der Waals surface area contributed by atoms with Crippen LogP contribution in [0.1, 0.15) is 27.2 Å². The van der Waals surface area contributed by atoms with Gasteiger partial charge in [-0.05, 0) is 39.3 Å². The first-order valence-corrected chi connectivity index (χ1v) is 6.78. The highest BCUT2D eigenvalue weighted by Gasteiger charge is 2.23. The summed E-state index contributed by atoms with van der Waals surface area (Å²) < 4.78 is 0. The molecule has 0 aliphatic heterocycles. The number of nitrogens with one attached hydrogen (secondary N) is 1. The highest BCUT2D eigenvalue weighted by Crippen LogP contribution is 2.11. The van der Waals surface area contributed by atoms with Crippen LogP contribution in [0.4, 0.5) is 5.69 Å². The smallest absolute Gasteiger partial charge is 0.241 e. The van der Waals surface area contributed by atoms with Crippen molar-refractivity contribution in [2.75, 3.05) is 18.5 Å². The van der Waals surface area contributed by atoms with Crippen LogP contribution in [-0.2, 0) is 4.79 Å². The van der Waals surface area contributed by atoms with Crippen molar-refractivity contribution in [1.82, 2.24) is 4.90 Å². The molecule has 0 fully saturated rings. The summed E-state index contributed by atoms with van der Waals surface area (Å²) in [6.07, 6.45) is 0.682. The third-order valence-electron chi connectivity index (χ3n) is 3.16. The van der Waals surface area contributed by atoms with Crippen molar-refractivity contribution in [2.45, 2.75) is 39.3 Å². The Kier molecular flexibility index (Phi) is 6.53. The predicted octanol–water partition coefficient (Wildman–Crippen LogP) is 2.11. The van der Waals surface area contributed by atoms with Crippen molar-refractivity contribution in [3.63, 3.8) is 0 Å². The van der Waals surface area contributed by atoms with E-state index in [4.69, 9.17) is 5.11 Å². The summed E-state index contributed by atoms with van der Waals surface area (Å²) in [4.78, 5) is 14.3. The van der Waals surface area contributed by atoms with Gasteiger partial charge in [0, 0.05) is 24.9 Å². The van der Waals surface area contributed by atoms with Gasteiger partial charge in [-0.1, -0.05) is 18.2 Å². The van der Waals surface area contributed by atoms with Gasteiger partial charge in [-0.2, -0.15) is 0 Å². The number of para-hydroxylation sites is 1. The standard InChI is InChI=1S/C15H24N2O2/c1-12(2)17(10-7-11-18)13(3)15(19)16-14-8-5-4-6-9-14/h4-6,8-9,12-13,18H,7,10-11H2,1-3H3,(H,16,19). The minimum absolute atomic E-state index is 0.0159. The number of carbonyl (C=O) groups excluding carboxylic acids is 1. The Morgan fingerprint density at radius 1 is 1.26 bits per heavy atom. The average molecular weight is 264 g/mol. The van der Waals surface area contributed by atoms with Crippen molar-refractivity contribution in [2.24, 2.45) is 0 Å². The first-order valence-electron chi connectivity index (χ1n) is 6.78. The molecule has 0 heterocycles. The number of aliphatic hydroxyl groups is 1. The topological polar surface area (TPSA) is 52.6 Å². The first kappa shape index (κ1) is 15.7. The lowest BCUT2D eigenvalue weighted by Crippen LogP contribution is -2.46. The maximum Gasteiger partial charge on any atom is 0.241 e. The van der Waals surface area contributed by atoms with Gasteiger partial charge >= 0.3 is 0 Å². The van der Waals surface area contributed by atoms with Crippen LogP contribution >= 0.6 is 0 Å². The van der Waals surface area contributed by atoms with Gasteiger partial charge in [0.25, 0.3) is 0 Å². The number of hydrogen-bond donors (Lipinski definition) is 2. The summed E-state index contributed by atoms with van der Waals surface area (Å²) in [5.41, 5.74) is 0.810. The monoisotopic (exact) mass is 264 g/mol. The van der Waals surface area contributed by atoms with E-state index in [1.54, 1.807) is 0 Å². The molecule has 4 heteroatoms. The zero-order valence-corrected chi connectivity index (χ0v) is 12.0. The first-order chi connectivity index (χ1) is 9.06. The average Bonchev–Trinajstić information content (AvgIpc) is 2.39.